The molecule has 1 saturated heterocycles. The zero-order chi connectivity index (χ0) is 15.5. The van der Waals surface area contributed by atoms with Crippen LogP contribution in [0.3, 0.4) is 0 Å². The van der Waals surface area contributed by atoms with Crippen LogP contribution < -0.4 is 0 Å². The fourth-order valence-corrected chi connectivity index (χ4v) is 3.96. The van der Waals surface area contributed by atoms with E-state index in [9.17, 15) is 4.79 Å². The van der Waals surface area contributed by atoms with Crippen molar-refractivity contribution in [1.82, 2.24) is 0 Å². The largest absolute Gasteiger partial charge is 0.459 e. The molecule has 1 heterocycles. The summed E-state index contributed by atoms with van der Waals surface area (Å²) in [6.45, 7) is 9.71. The summed E-state index contributed by atoms with van der Waals surface area (Å²) in [6.07, 6.45) is 5.74. The average Bonchev–Trinajstić information content (AvgIpc) is 2.91. The first-order chi connectivity index (χ1) is 9.87. The van der Waals surface area contributed by atoms with E-state index in [1.165, 1.54) is 6.92 Å². The van der Waals surface area contributed by atoms with Crippen LogP contribution in [0.15, 0.2) is 0 Å². The van der Waals surface area contributed by atoms with Crippen LogP contribution >= 0.6 is 0 Å². The van der Waals surface area contributed by atoms with Gasteiger partial charge in [0.2, 0.25) is 0 Å². The van der Waals surface area contributed by atoms with Crippen molar-refractivity contribution >= 4 is 5.97 Å². The Bertz CT molecular complexity index is 360. The molecule has 2 atom stereocenters. The van der Waals surface area contributed by atoms with Gasteiger partial charge in [0.05, 0.1) is 13.2 Å². The van der Waals surface area contributed by atoms with Crippen molar-refractivity contribution in [1.29, 1.82) is 0 Å². The molecule has 4 nitrogen and oxygen atoms in total. The molecule has 2 aliphatic rings. The lowest BCUT2D eigenvalue weighted by molar-refractivity contribution is -0.178. The molecule has 0 spiro atoms. The topological polar surface area (TPSA) is 44.8 Å². The SMILES string of the molecule is CC[C@H]1CC(C)(C)CC[C@@]1(CCC1OCCO1)OC(C)=O. The Hall–Kier alpha value is -0.610. The summed E-state index contributed by atoms with van der Waals surface area (Å²) < 4.78 is 17.0. The molecule has 1 aliphatic heterocycles. The maximum absolute atomic E-state index is 11.7. The van der Waals surface area contributed by atoms with Crippen LogP contribution in [0, 0.1) is 11.3 Å². The number of hydrogen-bond donors (Lipinski definition) is 0. The monoisotopic (exact) mass is 298 g/mol. The van der Waals surface area contributed by atoms with Crippen LogP contribution in [0.25, 0.3) is 0 Å². The molecule has 122 valence electrons. The highest BCUT2D eigenvalue weighted by atomic mass is 16.7. The lowest BCUT2D eigenvalue weighted by Crippen LogP contribution is -2.48. The van der Waals surface area contributed by atoms with Gasteiger partial charge in [-0.25, -0.2) is 0 Å². The van der Waals surface area contributed by atoms with E-state index in [0.717, 1.165) is 38.5 Å². The highest BCUT2D eigenvalue weighted by Crippen LogP contribution is 2.49. The molecule has 0 aromatic rings. The lowest BCUT2D eigenvalue weighted by Gasteiger charge is -2.49. The van der Waals surface area contributed by atoms with E-state index in [0.29, 0.717) is 24.5 Å². The maximum Gasteiger partial charge on any atom is 0.303 e. The minimum atomic E-state index is -0.328. The van der Waals surface area contributed by atoms with Crippen molar-refractivity contribution in [3.05, 3.63) is 0 Å². The van der Waals surface area contributed by atoms with Crippen molar-refractivity contribution in [2.45, 2.75) is 78.1 Å². The molecule has 0 bridgehead atoms. The van der Waals surface area contributed by atoms with Gasteiger partial charge in [-0.2, -0.15) is 0 Å². The van der Waals surface area contributed by atoms with Crippen LogP contribution in [-0.2, 0) is 19.0 Å². The second-order valence-electron chi connectivity index (χ2n) is 7.34. The van der Waals surface area contributed by atoms with E-state index in [1.807, 2.05) is 0 Å². The predicted octanol–water partition coefficient (Wildman–Crippen LogP) is 3.68. The summed E-state index contributed by atoms with van der Waals surface area (Å²) in [5.74, 6) is 0.257. The third-order valence-electron chi connectivity index (χ3n) is 5.10. The first-order valence-electron chi connectivity index (χ1n) is 8.30. The van der Waals surface area contributed by atoms with Gasteiger partial charge in [-0.15, -0.1) is 0 Å². The molecule has 0 aromatic carbocycles. The van der Waals surface area contributed by atoms with Gasteiger partial charge >= 0.3 is 5.97 Å². The summed E-state index contributed by atoms with van der Waals surface area (Å²) in [5.41, 5.74) is 0.0100. The van der Waals surface area contributed by atoms with Gasteiger partial charge in [0.25, 0.3) is 0 Å². The Labute approximate surface area is 128 Å². The zero-order valence-corrected chi connectivity index (χ0v) is 13.9. The van der Waals surface area contributed by atoms with Crippen LogP contribution in [0.5, 0.6) is 0 Å². The third kappa shape index (κ3) is 4.19. The standard InChI is InChI=1S/C17H30O4/c1-5-14-12-16(3,4)8-9-17(14,21-13(2)18)7-6-15-19-10-11-20-15/h14-15H,5-12H2,1-4H3/t14-,17+/m0/s1. The molecule has 0 unspecified atom stereocenters. The number of ether oxygens (including phenoxy) is 3. The molecular formula is C17H30O4. The molecule has 1 saturated carbocycles. The lowest BCUT2D eigenvalue weighted by atomic mass is 9.62. The summed E-state index contributed by atoms with van der Waals surface area (Å²) in [6, 6.07) is 0. The Morgan fingerprint density at radius 3 is 2.48 bits per heavy atom. The van der Waals surface area contributed by atoms with Gasteiger partial charge < -0.3 is 14.2 Å². The third-order valence-corrected chi connectivity index (χ3v) is 5.10. The quantitative estimate of drug-likeness (QED) is 0.726. The van der Waals surface area contributed by atoms with Crippen molar-refractivity contribution < 1.29 is 19.0 Å². The Balaban J connectivity index is 2.08. The maximum atomic E-state index is 11.7. The summed E-state index contributed by atoms with van der Waals surface area (Å²) in [5, 5.41) is 0. The van der Waals surface area contributed by atoms with E-state index < -0.39 is 0 Å². The smallest absolute Gasteiger partial charge is 0.303 e. The summed E-state index contributed by atoms with van der Waals surface area (Å²) >= 11 is 0. The van der Waals surface area contributed by atoms with Crippen molar-refractivity contribution in [3.8, 4) is 0 Å². The molecule has 0 amide bonds. The van der Waals surface area contributed by atoms with E-state index in [2.05, 4.69) is 20.8 Å². The van der Waals surface area contributed by atoms with E-state index >= 15 is 0 Å². The van der Waals surface area contributed by atoms with Crippen LogP contribution in [0.4, 0.5) is 0 Å². The van der Waals surface area contributed by atoms with Gasteiger partial charge in [0.1, 0.15) is 5.60 Å². The zero-order valence-electron chi connectivity index (χ0n) is 13.9. The first-order valence-corrected chi connectivity index (χ1v) is 8.30. The Morgan fingerprint density at radius 1 is 1.24 bits per heavy atom. The average molecular weight is 298 g/mol. The van der Waals surface area contributed by atoms with Gasteiger partial charge in [-0.05, 0) is 43.4 Å². The molecule has 2 rings (SSSR count). The van der Waals surface area contributed by atoms with Gasteiger partial charge in [0.15, 0.2) is 6.29 Å². The van der Waals surface area contributed by atoms with Crippen LogP contribution in [0.2, 0.25) is 0 Å². The molecule has 2 fully saturated rings. The summed E-state index contributed by atoms with van der Waals surface area (Å²) in [4.78, 5) is 11.7. The van der Waals surface area contributed by atoms with Crippen LogP contribution in [0.1, 0.15) is 66.2 Å². The second-order valence-corrected chi connectivity index (χ2v) is 7.34. The number of hydrogen-bond acceptors (Lipinski definition) is 4. The number of rotatable bonds is 5. The number of carbonyl (C=O) groups is 1. The minimum Gasteiger partial charge on any atom is -0.459 e. The van der Waals surface area contributed by atoms with Gasteiger partial charge in [-0.3, -0.25) is 4.79 Å². The van der Waals surface area contributed by atoms with E-state index in [-0.39, 0.29) is 17.9 Å². The fourth-order valence-electron chi connectivity index (χ4n) is 3.96. The second kappa shape index (κ2) is 6.66. The minimum absolute atomic E-state index is 0.120. The number of esters is 1. The normalized spacial score (nSPS) is 33.0. The predicted molar refractivity (Wildman–Crippen MR) is 80.8 cm³/mol. The van der Waals surface area contributed by atoms with Crippen molar-refractivity contribution in [2.24, 2.45) is 11.3 Å². The van der Waals surface area contributed by atoms with E-state index in [4.69, 9.17) is 14.2 Å². The molecule has 1 aliphatic carbocycles. The Kier molecular flexibility index (Phi) is 5.31. The van der Waals surface area contributed by atoms with E-state index in [1.54, 1.807) is 0 Å². The molecule has 0 radical (unpaired) electrons. The van der Waals surface area contributed by atoms with Crippen LogP contribution in [-0.4, -0.2) is 31.1 Å². The van der Waals surface area contributed by atoms with Crippen molar-refractivity contribution in [2.75, 3.05) is 13.2 Å². The first kappa shape index (κ1) is 16.8. The molecule has 0 N–H and O–H groups in total. The molecular weight excluding hydrogens is 268 g/mol. The fraction of sp³-hybridized carbons (Fsp3) is 0.941. The summed E-state index contributed by atoms with van der Waals surface area (Å²) in [7, 11) is 0. The highest BCUT2D eigenvalue weighted by molar-refractivity contribution is 5.66. The molecule has 4 heteroatoms. The number of carbonyl (C=O) groups excluding carboxylic acids is 1. The molecule has 21 heavy (non-hydrogen) atoms. The van der Waals surface area contributed by atoms with Gasteiger partial charge in [-0.1, -0.05) is 20.8 Å². The van der Waals surface area contributed by atoms with Gasteiger partial charge in [0, 0.05) is 13.3 Å². The molecule has 0 aromatic heterocycles. The Morgan fingerprint density at radius 2 is 1.90 bits per heavy atom. The van der Waals surface area contributed by atoms with Crippen molar-refractivity contribution in [3.63, 3.8) is 0 Å². The highest BCUT2D eigenvalue weighted by Gasteiger charge is 2.47.